The Labute approximate surface area is 136 Å². The number of aliphatic hydroxyl groups is 1. The summed E-state index contributed by atoms with van der Waals surface area (Å²) in [6, 6.07) is 1.68. The number of aromatic nitrogens is 2. The Morgan fingerprint density at radius 1 is 1.43 bits per heavy atom. The normalized spacial score (nSPS) is 17.3. The van der Waals surface area contributed by atoms with Crippen LogP contribution in [0.5, 0.6) is 0 Å². The molecule has 1 saturated carbocycles. The van der Waals surface area contributed by atoms with Crippen molar-refractivity contribution >= 4 is 11.8 Å². The second kappa shape index (κ2) is 7.47. The van der Waals surface area contributed by atoms with Crippen LogP contribution < -0.4 is 10.6 Å². The average Bonchev–Trinajstić information content (AvgIpc) is 2.79. The first-order valence-corrected chi connectivity index (χ1v) is 8.20. The third kappa shape index (κ3) is 4.70. The number of rotatable bonds is 4. The molecule has 7 nitrogen and oxygen atoms in total. The third-order valence-electron chi connectivity index (χ3n) is 4.23. The quantitative estimate of drug-likeness (QED) is 0.742. The first-order chi connectivity index (χ1) is 10.9. The number of nitrogens with one attached hydrogen (secondary N) is 2. The monoisotopic (exact) mass is 319 g/mol. The van der Waals surface area contributed by atoms with Gasteiger partial charge in [0.1, 0.15) is 11.6 Å². The number of urea groups is 1. The summed E-state index contributed by atoms with van der Waals surface area (Å²) >= 11 is 0. The van der Waals surface area contributed by atoms with Gasteiger partial charge >= 0.3 is 6.03 Å². The van der Waals surface area contributed by atoms with Gasteiger partial charge in [-0.1, -0.05) is 25.7 Å². The molecule has 23 heavy (non-hydrogen) atoms. The van der Waals surface area contributed by atoms with Gasteiger partial charge in [-0.3, -0.25) is 10.00 Å². The lowest BCUT2D eigenvalue weighted by atomic mass is 9.95. The molecule has 0 aliphatic heterocycles. The number of carbonyl (C=O) groups excluding carboxylic acids is 1. The van der Waals surface area contributed by atoms with Gasteiger partial charge in [0, 0.05) is 18.8 Å². The van der Waals surface area contributed by atoms with E-state index in [9.17, 15) is 9.90 Å². The molecular weight excluding hydrogens is 294 g/mol. The van der Waals surface area contributed by atoms with Gasteiger partial charge in [-0.05, 0) is 26.7 Å². The maximum atomic E-state index is 12.0. The largest absolute Gasteiger partial charge is 0.388 e. The summed E-state index contributed by atoms with van der Waals surface area (Å²) in [4.78, 5) is 12.0. The zero-order valence-corrected chi connectivity index (χ0v) is 13.8. The van der Waals surface area contributed by atoms with Crippen LogP contribution in [-0.4, -0.2) is 33.1 Å². The fourth-order valence-electron chi connectivity index (χ4n) is 2.79. The van der Waals surface area contributed by atoms with Crippen LogP contribution in [0, 0.1) is 11.3 Å². The Hall–Kier alpha value is -2.07. The minimum absolute atomic E-state index is 0.104. The molecule has 1 aliphatic carbocycles. The fourth-order valence-corrected chi connectivity index (χ4v) is 2.79. The zero-order valence-electron chi connectivity index (χ0n) is 13.8. The highest BCUT2D eigenvalue weighted by atomic mass is 16.3. The summed E-state index contributed by atoms with van der Waals surface area (Å²) in [5.41, 5.74) is -0.509. The van der Waals surface area contributed by atoms with Crippen molar-refractivity contribution in [1.29, 1.82) is 5.26 Å². The van der Waals surface area contributed by atoms with Gasteiger partial charge < -0.3 is 10.4 Å². The summed E-state index contributed by atoms with van der Waals surface area (Å²) in [6.07, 6.45) is 7.25. The lowest BCUT2D eigenvalue weighted by molar-refractivity contribution is 0.0281. The Bertz CT molecular complexity index is 580. The Kier molecular flexibility index (Phi) is 5.61. The summed E-state index contributed by atoms with van der Waals surface area (Å²) in [6.45, 7) is 4.10. The van der Waals surface area contributed by atoms with Crippen LogP contribution in [-0.2, 0) is 0 Å². The molecule has 2 amide bonds. The highest BCUT2D eigenvalue weighted by Crippen LogP contribution is 2.26. The Morgan fingerprint density at radius 2 is 2.09 bits per heavy atom. The van der Waals surface area contributed by atoms with Crippen molar-refractivity contribution in [2.45, 2.75) is 64.0 Å². The average molecular weight is 319 g/mol. The number of hydrogen-bond acceptors (Lipinski definition) is 4. The molecule has 1 heterocycles. The van der Waals surface area contributed by atoms with Crippen molar-refractivity contribution in [2.75, 3.05) is 11.9 Å². The van der Waals surface area contributed by atoms with Crippen LogP contribution in [0.25, 0.3) is 0 Å². The molecule has 2 rings (SSSR count). The molecule has 3 N–H and O–H groups in total. The molecule has 0 radical (unpaired) electrons. The molecule has 1 aromatic heterocycles. The highest BCUT2D eigenvalue weighted by molar-refractivity contribution is 5.89. The summed E-state index contributed by atoms with van der Waals surface area (Å²) in [7, 11) is 0. The van der Waals surface area contributed by atoms with Crippen LogP contribution in [0.2, 0.25) is 0 Å². The molecule has 0 bridgehead atoms. The molecule has 126 valence electrons. The van der Waals surface area contributed by atoms with Crippen LogP contribution in [0.1, 0.15) is 64.0 Å². The number of anilines is 1. The first-order valence-electron chi connectivity index (χ1n) is 8.20. The molecular formula is C16H25N5O2. The van der Waals surface area contributed by atoms with Gasteiger partial charge in [0.25, 0.3) is 0 Å². The topological polar surface area (TPSA) is 103 Å². The van der Waals surface area contributed by atoms with Crippen LogP contribution in [0.4, 0.5) is 10.6 Å². The van der Waals surface area contributed by atoms with E-state index >= 15 is 0 Å². The van der Waals surface area contributed by atoms with Gasteiger partial charge in [-0.25, -0.2) is 4.79 Å². The second-order valence-corrected chi connectivity index (χ2v) is 6.52. The van der Waals surface area contributed by atoms with Crippen molar-refractivity contribution in [3.8, 4) is 6.07 Å². The molecule has 7 heteroatoms. The van der Waals surface area contributed by atoms with E-state index in [0.29, 0.717) is 18.4 Å². The Morgan fingerprint density at radius 3 is 2.65 bits per heavy atom. The van der Waals surface area contributed by atoms with Crippen LogP contribution >= 0.6 is 0 Å². The number of hydrogen-bond donors (Lipinski definition) is 3. The fraction of sp³-hybridized carbons (Fsp3) is 0.688. The van der Waals surface area contributed by atoms with E-state index in [1.165, 1.54) is 0 Å². The SMILES string of the molecule is CC(C)n1cc(C#N)c(NC(=O)NCC2(O)CCCCCC2)n1. The van der Waals surface area contributed by atoms with E-state index in [-0.39, 0.29) is 18.4 Å². The highest BCUT2D eigenvalue weighted by Gasteiger charge is 2.28. The Balaban J connectivity index is 1.93. The van der Waals surface area contributed by atoms with Gasteiger partial charge in [0.05, 0.1) is 5.60 Å². The van der Waals surface area contributed by atoms with E-state index in [0.717, 1.165) is 25.7 Å². The molecule has 1 aliphatic rings. The molecule has 1 fully saturated rings. The van der Waals surface area contributed by atoms with Crippen LogP contribution in [0.3, 0.4) is 0 Å². The lowest BCUT2D eigenvalue weighted by Gasteiger charge is -2.26. The van der Waals surface area contributed by atoms with Gasteiger partial charge in [0.2, 0.25) is 0 Å². The maximum Gasteiger partial charge on any atom is 0.320 e. The van der Waals surface area contributed by atoms with Gasteiger partial charge in [-0.2, -0.15) is 10.4 Å². The van der Waals surface area contributed by atoms with E-state index in [1.807, 2.05) is 19.9 Å². The second-order valence-electron chi connectivity index (χ2n) is 6.52. The van der Waals surface area contributed by atoms with Gasteiger partial charge in [-0.15, -0.1) is 0 Å². The summed E-state index contributed by atoms with van der Waals surface area (Å²) in [5, 5.41) is 29.1. The molecule has 1 aromatic rings. The number of nitrogens with zero attached hydrogens (tertiary/aromatic N) is 3. The third-order valence-corrected chi connectivity index (χ3v) is 4.23. The van der Waals surface area contributed by atoms with E-state index < -0.39 is 11.6 Å². The van der Waals surface area contributed by atoms with E-state index in [2.05, 4.69) is 15.7 Å². The predicted octanol–water partition coefficient (Wildman–Crippen LogP) is 2.54. The van der Waals surface area contributed by atoms with Crippen LogP contribution in [0.15, 0.2) is 6.20 Å². The lowest BCUT2D eigenvalue weighted by Crippen LogP contribution is -2.44. The summed E-state index contributed by atoms with van der Waals surface area (Å²) < 4.78 is 1.63. The van der Waals surface area contributed by atoms with Crippen molar-refractivity contribution in [2.24, 2.45) is 0 Å². The number of carbonyl (C=O) groups is 1. The molecule has 0 unspecified atom stereocenters. The zero-order chi connectivity index (χ0) is 16.9. The number of amides is 2. The summed E-state index contributed by atoms with van der Waals surface area (Å²) in [5.74, 6) is 0.242. The molecule has 0 atom stereocenters. The van der Waals surface area contributed by atoms with E-state index in [1.54, 1.807) is 10.9 Å². The number of nitriles is 1. The van der Waals surface area contributed by atoms with Crippen molar-refractivity contribution in [3.63, 3.8) is 0 Å². The van der Waals surface area contributed by atoms with Gasteiger partial charge in [0.15, 0.2) is 5.82 Å². The van der Waals surface area contributed by atoms with Crippen molar-refractivity contribution < 1.29 is 9.90 Å². The standard InChI is InChI=1S/C16H25N5O2/c1-12(2)21-10-13(9-17)14(20-21)19-15(22)18-11-16(23)7-5-3-4-6-8-16/h10,12,23H,3-8,11H2,1-2H3,(H2,18,19,20,22). The maximum absolute atomic E-state index is 12.0. The molecule has 0 spiro atoms. The predicted molar refractivity (Wildman–Crippen MR) is 87.0 cm³/mol. The van der Waals surface area contributed by atoms with E-state index in [4.69, 9.17) is 5.26 Å². The molecule has 0 saturated heterocycles. The van der Waals surface area contributed by atoms with Crippen molar-refractivity contribution in [1.82, 2.24) is 15.1 Å². The molecule has 0 aromatic carbocycles. The smallest absolute Gasteiger partial charge is 0.320 e. The minimum Gasteiger partial charge on any atom is -0.388 e. The minimum atomic E-state index is -0.830. The first kappa shape index (κ1) is 17.3. The van der Waals surface area contributed by atoms with Crippen molar-refractivity contribution in [3.05, 3.63) is 11.8 Å².